The number of hydrogen-bond acceptors (Lipinski definition) is 1. The fourth-order valence-electron chi connectivity index (χ4n) is 1.52. The highest BCUT2D eigenvalue weighted by atomic mass is 16.1. The minimum Gasteiger partial charge on any atom is -0.364 e. The maximum absolute atomic E-state index is 11.6. The molecule has 0 atom stereocenters. The Bertz CT molecular complexity index is 455. The molecule has 2 radical (unpaired) electrons. The largest absolute Gasteiger partial charge is 0.364 e. The molecule has 3 heteroatoms. The molecule has 0 spiro atoms. The second-order valence-corrected chi connectivity index (χ2v) is 4.09. The average Bonchev–Trinajstić information content (AvgIpc) is 2.70. The molecule has 0 unspecified atom stereocenters. The van der Waals surface area contributed by atoms with Crippen molar-refractivity contribution in [3.63, 3.8) is 0 Å². The van der Waals surface area contributed by atoms with Crippen molar-refractivity contribution < 1.29 is 4.79 Å². The summed E-state index contributed by atoms with van der Waals surface area (Å²) in [5.41, 5.74) is 3.89. The monoisotopic (exact) mass is 227 g/mol. The smallest absolute Gasteiger partial charge is 0.156 e. The van der Waals surface area contributed by atoms with Crippen molar-refractivity contribution in [1.82, 2.24) is 4.98 Å². The second-order valence-electron chi connectivity index (χ2n) is 4.09. The normalized spacial score (nSPS) is 12.3. The van der Waals surface area contributed by atoms with Gasteiger partial charge in [0.25, 0.3) is 0 Å². The first-order valence-electron chi connectivity index (χ1n) is 5.85. The Morgan fingerprint density at radius 2 is 2.24 bits per heavy atom. The van der Waals surface area contributed by atoms with Crippen molar-refractivity contribution in [1.29, 1.82) is 0 Å². The number of Topliss-reactive ketones (excluding diaryl/α,β-unsaturated/α-hetero) is 1. The molecular weight excluding hydrogens is 209 g/mol. The lowest BCUT2D eigenvalue weighted by molar-refractivity contribution is 0.101. The molecule has 0 bridgehead atoms. The van der Waals surface area contributed by atoms with Crippen molar-refractivity contribution in [2.24, 2.45) is 0 Å². The number of aromatic amines is 1. The van der Waals surface area contributed by atoms with Gasteiger partial charge in [-0.25, -0.2) is 0 Å². The van der Waals surface area contributed by atoms with Gasteiger partial charge in [-0.15, -0.1) is 0 Å². The number of hydrogen-bond donors (Lipinski definition) is 1. The summed E-state index contributed by atoms with van der Waals surface area (Å²) in [5.74, 6) is -0.0369. The minimum absolute atomic E-state index is 0.0369. The van der Waals surface area contributed by atoms with Crippen LogP contribution in [0.4, 0.5) is 0 Å². The first kappa shape index (κ1) is 13.6. The highest BCUT2D eigenvalue weighted by Gasteiger charge is 2.10. The molecule has 0 aromatic carbocycles. The van der Waals surface area contributed by atoms with Gasteiger partial charge in [-0.1, -0.05) is 30.7 Å². The number of carbonyl (C=O) groups excluding carboxylic acids is 1. The Morgan fingerprint density at radius 3 is 2.82 bits per heavy atom. The molecule has 0 aliphatic carbocycles. The highest BCUT2D eigenvalue weighted by Crippen LogP contribution is 2.17. The zero-order valence-corrected chi connectivity index (χ0v) is 10.7. The minimum atomic E-state index is -0.0369. The van der Waals surface area contributed by atoms with Gasteiger partial charge in [0.05, 0.1) is 7.85 Å². The van der Waals surface area contributed by atoms with E-state index in [4.69, 9.17) is 7.85 Å². The third-order valence-electron chi connectivity index (χ3n) is 2.81. The van der Waals surface area contributed by atoms with Gasteiger partial charge in [0.15, 0.2) is 5.78 Å². The molecule has 1 heterocycles. The fraction of sp³-hybridized carbons (Fsp3) is 0.357. The Morgan fingerprint density at radius 1 is 1.53 bits per heavy atom. The number of H-pyrrole nitrogens is 1. The van der Waals surface area contributed by atoms with Gasteiger partial charge in [0, 0.05) is 23.0 Å². The van der Waals surface area contributed by atoms with Crippen LogP contribution in [0.1, 0.15) is 41.9 Å². The average molecular weight is 227 g/mol. The predicted octanol–water partition coefficient (Wildman–Crippen LogP) is 3.46. The Kier molecular flexibility index (Phi) is 5.01. The lowest BCUT2D eigenvalue weighted by Crippen LogP contribution is -1.97. The molecule has 0 fully saturated rings. The van der Waals surface area contributed by atoms with E-state index >= 15 is 0 Å². The molecule has 1 aromatic heterocycles. The molecule has 0 saturated heterocycles. The van der Waals surface area contributed by atoms with E-state index in [-0.39, 0.29) is 12.1 Å². The van der Waals surface area contributed by atoms with Crippen LogP contribution < -0.4 is 0 Å². The summed E-state index contributed by atoms with van der Waals surface area (Å²) in [6.07, 6.45) is 8.78. The van der Waals surface area contributed by atoms with E-state index in [1.807, 2.05) is 19.1 Å². The van der Waals surface area contributed by atoms with Crippen LogP contribution in [-0.2, 0) is 0 Å². The molecule has 1 N–H and O–H groups in total. The van der Waals surface area contributed by atoms with Crippen molar-refractivity contribution in [3.05, 3.63) is 40.7 Å². The van der Waals surface area contributed by atoms with Crippen LogP contribution in [0.3, 0.4) is 0 Å². The third-order valence-corrected chi connectivity index (χ3v) is 2.81. The molecule has 1 aromatic rings. The van der Waals surface area contributed by atoms with Crippen molar-refractivity contribution in [3.8, 4) is 0 Å². The quantitative estimate of drug-likeness (QED) is 0.466. The van der Waals surface area contributed by atoms with E-state index in [9.17, 15) is 4.79 Å². The number of ketones is 1. The molecule has 2 nitrogen and oxygen atoms in total. The fourth-order valence-corrected chi connectivity index (χ4v) is 1.52. The molecule has 0 aliphatic heterocycles. The summed E-state index contributed by atoms with van der Waals surface area (Å²) in [4.78, 5) is 14.7. The topological polar surface area (TPSA) is 32.9 Å². The van der Waals surface area contributed by atoms with Crippen molar-refractivity contribution in [2.45, 2.75) is 33.5 Å². The Hall–Kier alpha value is -1.51. The lowest BCUT2D eigenvalue weighted by atomic mass is 9.94. The van der Waals surface area contributed by atoms with Crippen molar-refractivity contribution in [2.75, 3.05) is 0 Å². The van der Waals surface area contributed by atoms with Crippen LogP contribution in [0, 0.1) is 6.92 Å². The standard InChI is InChI=1S/C14H18BNO/c1-4-10(2)6-5-7-12-11(3)16-9-13(12)14(17)8-15/h5-7,9,16H,4,8H2,1-3H3/b7-5-,10-6-. The second kappa shape index (κ2) is 6.28. The lowest BCUT2D eigenvalue weighted by Gasteiger charge is -1.97. The summed E-state index contributed by atoms with van der Waals surface area (Å²) in [6, 6.07) is 0. The summed E-state index contributed by atoms with van der Waals surface area (Å²) in [5, 5.41) is 0. The van der Waals surface area contributed by atoms with Gasteiger partial charge in [-0.3, -0.25) is 4.79 Å². The van der Waals surface area contributed by atoms with Gasteiger partial charge in [-0.05, 0) is 26.6 Å². The molecule has 0 saturated carbocycles. The Labute approximate surface area is 104 Å². The maximum atomic E-state index is 11.6. The first-order valence-corrected chi connectivity index (χ1v) is 5.85. The SMILES string of the molecule is [B]CC(=O)c1c[nH]c(C)c1/C=C\C=C(\C)CC. The van der Waals surface area contributed by atoms with E-state index in [0.29, 0.717) is 5.56 Å². The highest BCUT2D eigenvalue weighted by molar-refractivity contribution is 6.24. The van der Waals surface area contributed by atoms with Crippen LogP contribution >= 0.6 is 0 Å². The van der Waals surface area contributed by atoms with Crippen molar-refractivity contribution >= 4 is 19.7 Å². The summed E-state index contributed by atoms with van der Waals surface area (Å²) in [7, 11) is 5.38. The molecule has 1 rings (SSSR count). The van der Waals surface area contributed by atoms with Gasteiger partial charge in [0.1, 0.15) is 0 Å². The van der Waals surface area contributed by atoms with Gasteiger partial charge < -0.3 is 4.98 Å². The van der Waals surface area contributed by atoms with Crippen LogP contribution in [0.25, 0.3) is 6.08 Å². The third kappa shape index (κ3) is 3.48. The molecule has 88 valence electrons. The van der Waals surface area contributed by atoms with Crippen LogP contribution in [0.2, 0.25) is 6.32 Å². The number of rotatable bonds is 5. The van der Waals surface area contributed by atoms with E-state index in [2.05, 4.69) is 24.9 Å². The zero-order chi connectivity index (χ0) is 12.8. The number of allylic oxidation sites excluding steroid dienone is 3. The molecule has 17 heavy (non-hydrogen) atoms. The number of aryl methyl sites for hydroxylation is 1. The zero-order valence-electron chi connectivity index (χ0n) is 10.7. The van der Waals surface area contributed by atoms with Gasteiger partial charge in [0.2, 0.25) is 0 Å². The molecular formula is C14H18BNO. The number of carbonyl (C=O) groups is 1. The molecule has 0 amide bonds. The van der Waals surface area contributed by atoms with E-state index in [1.54, 1.807) is 6.20 Å². The predicted molar refractivity (Wildman–Crippen MR) is 73.5 cm³/mol. The van der Waals surface area contributed by atoms with Crippen LogP contribution in [-0.4, -0.2) is 18.6 Å². The molecule has 0 aliphatic rings. The van der Waals surface area contributed by atoms with Gasteiger partial charge in [-0.2, -0.15) is 0 Å². The summed E-state index contributed by atoms with van der Waals surface area (Å²) >= 11 is 0. The number of nitrogens with one attached hydrogen (secondary N) is 1. The number of aromatic nitrogens is 1. The Balaban J connectivity index is 2.98. The maximum Gasteiger partial charge on any atom is 0.156 e. The summed E-state index contributed by atoms with van der Waals surface area (Å²) < 4.78 is 0. The first-order chi connectivity index (χ1) is 8.10. The summed E-state index contributed by atoms with van der Waals surface area (Å²) in [6.45, 7) is 6.15. The van der Waals surface area contributed by atoms with E-state index in [0.717, 1.165) is 17.7 Å². The van der Waals surface area contributed by atoms with Gasteiger partial charge >= 0.3 is 0 Å². The van der Waals surface area contributed by atoms with E-state index < -0.39 is 0 Å². The van der Waals surface area contributed by atoms with E-state index in [1.165, 1.54) is 5.57 Å². The van der Waals surface area contributed by atoms with Crippen LogP contribution in [0.15, 0.2) is 23.9 Å². The van der Waals surface area contributed by atoms with Crippen LogP contribution in [0.5, 0.6) is 0 Å².